The van der Waals surface area contributed by atoms with E-state index in [2.05, 4.69) is 5.32 Å². The topological polar surface area (TPSA) is 21.3 Å². The van der Waals surface area contributed by atoms with Gasteiger partial charge in [0.05, 0.1) is 6.61 Å². The maximum absolute atomic E-state index is 13.2. The number of benzene rings is 1. The fraction of sp³-hybridized carbons (Fsp3) is 0.538. The SMILES string of the molecule is Fc1ccc(F)c(OCCC2CCCCN2)c1. The molecular formula is C13H17F2NO. The van der Waals surface area contributed by atoms with E-state index in [1.54, 1.807) is 0 Å². The van der Waals surface area contributed by atoms with Crippen molar-refractivity contribution >= 4 is 0 Å². The lowest BCUT2D eigenvalue weighted by Gasteiger charge is -2.23. The van der Waals surface area contributed by atoms with Gasteiger partial charge in [-0.25, -0.2) is 8.78 Å². The molecule has 17 heavy (non-hydrogen) atoms. The zero-order chi connectivity index (χ0) is 12.1. The van der Waals surface area contributed by atoms with E-state index in [0.717, 1.165) is 37.6 Å². The van der Waals surface area contributed by atoms with Gasteiger partial charge in [0.2, 0.25) is 0 Å². The summed E-state index contributed by atoms with van der Waals surface area (Å²) in [5.74, 6) is -0.985. The van der Waals surface area contributed by atoms with E-state index in [-0.39, 0.29) is 5.75 Å². The van der Waals surface area contributed by atoms with E-state index < -0.39 is 11.6 Å². The van der Waals surface area contributed by atoms with Gasteiger partial charge in [-0.1, -0.05) is 6.42 Å². The molecule has 0 bridgehead atoms. The normalized spacial score (nSPS) is 20.2. The molecule has 0 aliphatic carbocycles. The summed E-state index contributed by atoms with van der Waals surface area (Å²) in [7, 11) is 0. The molecule has 1 aliphatic heterocycles. The second-order valence-corrected chi connectivity index (χ2v) is 4.36. The predicted octanol–water partition coefficient (Wildman–Crippen LogP) is 2.88. The lowest BCUT2D eigenvalue weighted by Crippen LogP contribution is -2.35. The Hall–Kier alpha value is -1.16. The molecule has 1 aromatic rings. The Bertz CT molecular complexity index is 364. The summed E-state index contributed by atoms with van der Waals surface area (Å²) in [4.78, 5) is 0. The molecule has 0 spiro atoms. The summed E-state index contributed by atoms with van der Waals surface area (Å²) in [5, 5.41) is 3.38. The molecule has 1 atom stereocenters. The summed E-state index contributed by atoms with van der Waals surface area (Å²) < 4.78 is 31.4. The van der Waals surface area contributed by atoms with Crippen LogP contribution < -0.4 is 10.1 Å². The van der Waals surface area contributed by atoms with Crippen LogP contribution in [0.25, 0.3) is 0 Å². The Morgan fingerprint density at radius 2 is 2.18 bits per heavy atom. The van der Waals surface area contributed by atoms with E-state index in [9.17, 15) is 8.78 Å². The highest BCUT2D eigenvalue weighted by molar-refractivity contribution is 5.24. The molecule has 0 radical (unpaired) electrons. The van der Waals surface area contributed by atoms with Crippen molar-refractivity contribution in [3.63, 3.8) is 0 Å². The summed E-state index contributed by atoms with van der Waals surface area (Å²) >= 11 is 0. The van der Waals surface area contributed by atoms with Crippen LogP contribution in [0.15, 0.2) is 18.2 Å². The third-order valence-corrected chi connectivity index (χ3v) is 3.03. The van der Waals surface area contributed by atoms with Crippen LogP contribution in [0.1, 0.15) is 25.7 Å². The van der Waals surface area contributed by atoms with E-state index in [0.29, 0.717) is 12.6 Å². The van der Waals surface area contributed by atoms with Crippen LogP contribution in [0.2, 0.25) is 0 Å². The molecule has 1 aromatic carbocycles. The van der Waals surface area contributed by atoms with Crippen molar-refractivity contribution in [2.45, 2.75) is 31.7 Å². The zero-order valence-electron chi connectivity index (χ0n) is 9.72. The number of nitrogens with one attached hydrogen (secondary N) is 1. The van der Waals surface area contributed by atoms with Crippen LogP contribution in [0.3, 0.4) is 0 Å². The summed E-state index contributed by atoms with van der Waals surface area (Å²) in [6, 6.07) is 3.71. The molecule has 1 fully saturated rings. The molecule has 0 amide bonds. The largest absolute Gasteiger partial charge is 0.490 e. The Labute approximate surface area is 100.0 Å². The summed E-state index contributed by atoms with van der Waals surface area (Å²) in [6.45, 7) is 1.46. The number of rotatable bonds is 4. The minimum Gasteiger partial charge on any atom is -0.490 e. The van der Waals surface area contributed by atoms with Gasteiger partial charge in [0, 0.05) is 12.1 Å². The number of piperidine rings is 1. The molecule has 1 aliphatic rings. The molecule has 1 unspecified atom stereocenters. The van der Waals surface area contributed by atoms with Crippen molar-refractivity contribution < 1.29 is 13.5 Å². The number of ether oxygens (including phenoxy) is 1. The highest BCUT2D eigenvalue weighted by Crippen LogP contribution is 2.18. The standard InChI is InChI=1S/C13H17F2NO/c14-10-4-5-12(15)13(9-10)17-8-6-11-3-1-2-7-16-11/h4-5,9,11,16H,1-3,6-8H2. The average molecular weight is 241 g/mol. The van der Waals surface area contributed by atoms with Crippen LogP contribution in [0.5, 0.6) is 5.75 Å². The second kappa shape index (κ2) is 5.96. The number of hydrogen-bond donors (Lipinski definition) is 1. The molecule has 2 nitrogen and oxygen atoms in total. The molecule has 1 saturated heterocycles. The minimum atomic E-state index is -0.511. The molecule has 94 valence electrons. The van der Waals surface area contributed by atoms with Crippen LogP contribution >= 0.6 is 0 Å². The highest BCUT2D eigenvalue weighted by atomic mass is 19.1. The predicted molar refractivity (Wildman–Crippen MR) is 62.1 cm³/mol. The van der Waals surface area contributed by atoms with E-state index in [1.807, 2.05) is 0 Å². The van der Waals surface area contributed by atoms with E-state index in [1.165, 1.54) is 12.8 Å². The lowest BCUT2D eigenvalue weighted by molar-refractivity contribution is 0.258. The van der Waals surface area contributed by atoms with Gasteiger partial charge in [0.25, 0.3) is 0 Å². The first-order chi connectivity index (χ1) is 8.25. The Morgan fingerprint density at radius 3 is 2.94 bits per heavy atom. The van der Waals surface area contributed by atoms with Crippen molar-refractivity contribution in [3.8, 4) is 5.75 Å². The van der Waals surface area contributed by atoms with Gasteiger partial charge in [0.1, 0.15) is 5.82 Å². The summed E-state index contributed by atoms with van der Waals surface area (Å²) in [6.07, 6.45) is 4.41. The van der Waals surface area contributed by atoms with Crippen LogP contribution in [0, 0.1) is 11.6 Å². The molecule has 1 heterocycles. The van der Waals surface area contributed by atoms with Gasteiger partial charge in [-0.2, -0.15) is 0 Å². The van der Waals surface area contributed by atoms with Crippen molar-refractivity contribution in [2.75, 3.05) is 13.2 Å². The van der Waals surface area contributed by atoms with Crippen LogP contribution in [0.4, 0.5) is 8.78 Å². The first-order valence-corrected chi connectivity index (χ1v) is 6.07. The average Bonchev–Trinajstić information content (AvgIpc) is 2.35. The third-order valence-electron chi connectivity index (χ3n) is 3.03. The Kier molecular flexibility index (Phi) is 4.31. The van der Waals surface area contributed by atoms with Gasteiger partial charge < -0.3 is 10.1 Å². The van der Waals surface area contributed by atoms with E-state index >= 15 is 0 Å². The Morgan fingerprint density at radius 1 is 1.29 bits per heavy atom. The number of halogens is 2. The quantitative estimate of drug-likeness (QED) is 0.875. The van der Waals surface area contributed by atoms with Crippen molar-refractivity contribution in [3.05, 3.63) is 29.8 Å². The highest BCUT2D eigenvalue weighted by Gasteiger charge is 2.12. The van der Waals surface area contributed by atoms with Gasteiger partial charge in [-0.3, -0.25) is 0 Å². The third kappa shape index (κ3) is 3.66. The first kappa shape index (κ1) is 12.3. The second-order valence-electron chi connectivity index (χ2n) is 4.36. The van der Waals surface area contributed by atoms with Gasteiger partial charge >= 0.3 is 0 Å². The molecule has 1 N–H and O–H groups in total. The van der Waals surface area contributed by atoms with Gasteiger partial charge in [-0.05, 0) is 37.9 Å². The van der Waals surface area contributed by atoms with Crippen LogP contribution in [-0.4, -0.2) is 19.2 Å². The Balaban J connectivity index is 1.79. The van der Waals surface area contributed by atoms with Gasteiger partial charge in [-0.15, -0.1) is 0 Å². The molecule has 0 saturated carbocycles. The fourth-order valence-corrected chi connectivity index (χ4v) is 2.07. The summed E-state index contributed by atoms with van der Waals surface area (Å²) in [5.41, 5.74) is 0. The number of hydrogen-bond acceptors (Lipinski definition) is 2. The maximum Gasteiger partial charge on any atom is 0.165 e. The molecule has 2 rings (SSSR count). The van der Waals surface area contributed by atoms with Gasteiger partial charge in [0.15, 0.2) is 11.6 Å². The van der Waals surface area contributed by atoms with Crippen molar-refractivity contribution in [2.24, 2.45) is 0 Å². The zero-order valence-corrected chi connectivity index (χ0v) is 9.72. The lowest BCUT2D eigenvalue weighted by atomic mass is 10.0. The molecule has 4 heteroatoms. The first-order valence-electron chi connectivity index (χ1n) is 6.07. The molecule has 0 aromatic heterocycles. The minimum absolute atomic E-state index is 0.000749. The monoisotopic (exact) mass is 241 g/mol. The van der Waals surface area contributed by atoms with E-state index in [4.69, 9.17) is 4.74 Å². The maximum atomic E-state index is 13.2. The van der Waals surface area contributed by atoms with Crippen molar-refractivity contribution in [1.29, 1.82) is 0 Å². The smallest absolute Gasteiger partial charge is 0.165 e. The van der Waals surface area contributed by atoms with Crippen molar-refractivity contribution in [1.82, 2.24) is 5.32 Å². The fourth-order valence-electron chi connectivity index (χ4n) is 2.07. The molecular weight excluding hydrogens is 224 g/mol. The van der Waals surface area contributed by atoms with Crippen LogP contribution in [-0.2, 0) is 0 Å².